The molecule has 2 aromatic rings. The molecule has 0 aromatic heterocycles. The van der Waals surface area contributed by atoms with Crippen LogP contribution in [0.25, 0.3) is 0 Å². The van der Waals surface area contributed by atoms with E-state index < -0.39 is 0 Å². The summed E-state index contributed by atoms with van der Waals surface area (Å²) >= 11 is 1.66. The first-order chi connectivity index (χ1) is 11.9. The molecule has 2 N–H and O–H groups in total. The number of nitrogens with one attached hydrogen (secondary N) is 2. The lowest BCUT2D eigenvalue weighted by Crippen LogP contribution is -2.30. The molecular weight excluding hydrogens is 312 g/mol. The Morgan fingerprint density at radius 1 is 0.917 bits per heavy atom. The van der Waals surface area contributed by atoms with Gasteiger partial charge in [-0.25, -0.2) is 0 Å². The predicted molar refractivity (Wildman–Crippen MR) is 107 cm³/mol. The Hall–Kier alpha value is -1.45. The fourth-order valence-electron chi connectivity index (χ4n) is 2.92. The van der Waals surface area contributed by atoms with Gasteiger partial charge in [-0.1, -0.05) is 63.4 Å². The zero-order valence-electron chi connectivity index (χ0n) is 14.9. The first-order valence-corrected chi connectivity index (χ1v) is 10.0. The molecule has 1 fully saturated rings. The highest BCUT2D eigenvalue weighted by Crippen LogP contribution is 2.22. The third kappa shape index (κ3) is 6.58. The minimum Gasteiger partial charge on any atom is -0.326 e. The average Bonchev–Trinajstić information content (AvgIpc) is 2.68. The number of anilines is 1. The van der Waals surface area contributed by atoms with Gasteiger partial charge >= 0.3 is 0 Å². The molecule has 0 unspecified atom stereocenters. The van der Waals surface area contributed by atoms with Gasteiger partial charge in [-0.2, -0.15) is 0 Å². The quantitative estimate of drug-likeness (QED) is 0.606. The second-order valence-corrected chi connectivity index (χ2v) is 6.81. The van der Waals surface area contributed by atoms with Gasteiger partial charge in [-0.3, -0.25) is 0 Å². The summed E-state index contributed by atoms with van der Waals surface area (Å²) in [6.07, 6.45) is 6.85. The van der Waals surface area contributed by atoms with Gasteiger partial charge in [0.15, 0.2) is 0 Å². The molecule has 0 aliphatic heterocycles. The van der Waals surface area contributed by atoms with Crippen LogP contribution < -0.4 is 10.0 Å². The van der Waals surface area contributed by atoms with Crippen molar-refractivity contribution in [2.45, 2.75) is 63.4 Å². The van der Waals surface area contributed by atoms with Gasteiger partial charge in [-0.05, 0) is 54.6 Å². The van der Waals surface area contributed by atoms with E-state index in [-0.39, 0.29) is 0 Å². The van der Waals surface area contributed by atoms with E-state index in [9.17, 15) is 0 Å². The molecule has 3 heteroatoms. The molecule has 24 heavy (non-hydrogen) atoms. The SMILES string of the molecule is CC.c1ccc(SNc2cccc(CNC3CCCCC3)c2)cc1. The van der Waals surface area contributed by atoms with Crippen LogP contribution in [0.1, 0.15) is 51.5 Å². The lowest BCUT2D eigenvalue weighted by molar-refractivity contribution is 0.372. The van der Waals surface area contributed by atoms with Crippen molar-refractivity contribution in [1.29, 1.82) is 0 Å². The van der Waals surface area contributed by atoms with Crippen LogP contribution in [0.15, 0.2) is 59.5 Å². The van der Waals surface area contributed by atoms with Crippen LogP contribution in [0.4, 0.5) is 5.69 Å². The molecule has 0 bridgehead atoms. The van der Waals surface area contributed by atoms with E-state index in [0.717, 1.165) is 12.2 Å². The van der Waals surface area contributed by atoms with Gasteiger partial charge in [0.2, 0.25) is 0 Å². The standard InChI is InChI=1S/C19H24N2S.C2H6/c1-3-9-17(10-4-1)20-15-16-8-7-11-18(14-16)21-22-19-12-5-2-6-13-19;1-2/h2,5-8,11-14,17,20-21H,1,3-4,9-10,15H2;1-2H3. The van der Waals surface area contributed by atoms with Crippen molar-refractivity contribution in [1.82, 2.24) is 5.32 Å². The topological polar surface area (TPSA) is 24.1 Å². The van der Waals surface area contributed by atoms with Crippen LogP contribution in [0, 0.1) is 0 Å². The molecule has 3 rings (SSSR count). The number of hydrogen-bond donors (Lipinski definition) is 2. The zero-order valence-corrected chi connectivity index (χ0v) is 15.7. The van der Waals surface area contributed by atoms with Crippen LogP contribution in [0.3, 0.4) is 0 Å². The van der Waals surface area contributed by atoms with Crippen molar-refractivity contribution < 1.29 is 0 Å². The van der Waals surface area contributed by atoms with Crippen molar-refractivity contribution in [3.05, 3.63) is 60.2 Å². The molecule has 130 valence electrons. The van der Waals surface area contributed by atoms with Crippen molar-refractivity contribution in [2.75, 3.05) is 4.72 Å². The summed E-state index contributed by atoms with van der Waals surface area (Å²) in [4.78, 5) is 1.23. The highest BCUT2D eigenvalue weighted by molar-refractivity contribution is 8.00. The Morgan fingerprint density at radius 3 is 2.42 bits per heavy atom. The number of hydrogen-bond acceptors (Lipinski definition) is 3. The zero-order chi connectivity index (χ0) is 17.0. The Bertz CT molecular complexity index is 565. The maximum Gasteiger partial charge on any atom is 0.0446 e. The van der Waals surface area contributed by atoms with E-state index in [1.54, 1.807) is 11.9 Å². The Balaban J connectivity index is 0.00000100. The maximum atomic E-state index is 3.70. The minimum atomic E-state index is 0.712. The Labute approximate surface area is 151 Å². The van der Waals surface area contributed by atoms with Crippen molar-refractivity contribution >= 4 is 17.6 Å². The Kier molecular flexibility index (Phi) is 8.78. The molecule has 1 aliphatic carbocycles. The second kappa shape index (κ2) is 11.2. The molecule has 0 radical (unpaired) electrons. The van der Waals surface area contributed by atoms with Gasteiger partial charge in [0.05, 0.1) is 0 Å². The Morgan fingerprint density at radius 2 is 1.67 bits per heavy atom. The van der Waals surface area contributed by atoms with E-state index in [0.29, 0.717) is 6.04 Å². The summed E-state index contributed by atoms with van der Waals surface area (Å²) in [6, 6.07) is 19.8. The normalized spacial score (nSPS) is 14.6. The van der Waals surface area contributed by atoms with E-state index in [1.807, 2.05) is 19.9 Å². The summed E-state index contributed by atoms with van der Waals surface area (Å²) in [5.74, 6) is 0. The largest absolute Gasteiger partial charge is 0.326 e. The summed E-state index contributed by atoms with van der Waals surface area (Å²) in [5, 5.41) is 3.70. The summed E-state index contributed by atoms with van der Waals surface area (Å²) < 4.78 is 3.43. The summed E-state index contributed by atoms with van der Waals surface area (Å²) in [7, 11) is 0. The van der Waals surface area contributed by atoms with Gasteiger partial charge < -0.3 is 10.0 Å². The third-order valence-corrected chi connectivity index (χ3v) is 5.00. The van der Waals surface area contributed by atoms with Gasteiger partial charge in [-0.15, -0.1) is 0 Å². The van der Waals surface area contributed by atoms with E-state index in [4.69, 9.17) is 0 Å². The first-order valence-electron chi connectivity index (χ1n) is 9.20. The molecule has 2 nitrogen and oxygen atoms in total. The number of rotatable bonds is 6. The highest BCUT2D eigenvalue weighted by atomic mass is 32.2. The molecule has 0 amide bonds. The van der Waals surface area contributed by atoms with Crippen LogP contribution in [0.2, 0.25) is 0 Å². The molecule has 0 spiro atoms. The molecule has 2 aromatic carbocycles. The average molecular weight is 343 g/mol. The molecule has 0 saturated heterocycles. The van der Waals surface area contributed by atoms with Crippen LogP contribution in [-0.4, -0.2) is 6.04 Å². The van der Waals surface area contributed by atoms with Crippen molar-refractivity contribution in [2.24, 2.45) is 0 Å². The van der Waals surface area contributed by atoms with Crippen LogP contribution in [0.5, 0.6) is 0 Å². The monoisotopic (exact) mass is 342 g/mol. The molecule has 1 saturated carbocycles. The molecule has 1 aliphatic rings. The van der Waals surface area contributed by atoms with Crippen LogP contribution in [-0.2, 0) is 6.54 Å². The van der Waals surface area contributed by atoms with Crippen molar-refractivity contribution in [3.8, 4) is 0 Å². The second-order valence-electron chi connectivity index (χ2n) is 5.93. The maximum absolute atomic E-state index is 3.70. The highest BCUT2D eigenvalue weighted by Gasteiger charge is 2.12. The first kappa shape index (κ1) is 18.9. The van der Waals surface area contributed by atoms with E-state index in [2.05, 4.69) is 58.6 Å². The smallest absolute Gasteiger partial charge is 0.0446 e. The summed E-state index contributed by atoms with van der Waals surface area (Å²) in [6.45, 7) is 4.97. The third-order valence-electron chi connectivity index (χ3n) is 4.16. The predicted octanol–water partition coefficient (Wildman–Crippen LogP) is 6.25. The molecular formula is C21H30N2S. The van der Waals surface area contributed by atoms with Crippen molar-refractivity contribution in [3.63, 3.8) is 0 Å². The summed E-state index contributed by atoms with van der Waals surface area (Å²) in [5.41, 5.74) is 2.51. The fraction of sp³-hybridized carbons (Fsp3) is 0.429. The van der Waals surface area contributed by atoms with E-state index >= 15 is 0 Å². The fourth-order valence-corrected chi connectivity index (χ4v) is 3.58. The lowest BCUT2D eigenvalue weighted by atomic mass is 9.95. The lowest BCUT2D eigenvalue weighted by Gasteiger charge is -2.23. The van der Waals surface area contributed by atoms with Gasteiger partial charge in [0.25, 0.3) is 0 Å². The van der Waals surface area contributed by atoms with Crippen LogP contribution >= 0.6 is 11.9 Å². The van der Waals surface area contributed by atoms with Gasteiger partial charge in [0, 0.05) is 23.2 Å². The number of benzene rings is 2. The van der Waals surface area contributed by atoms with Gasteiger partial charge in [0.1, 0.15) is 0 Å². The molecule has 0 atom stereocenters. The minimum absolute atomic E-state index is 0.712. The van der Waals surface area contributed by atoms with E-state index in [1.165, 1.54) is 42.6 Å². The molecule has 0 heterocycles.